The number of benzene rings is 2. The molecule has 0 saturated carbocycles. The summed E-state index contributed by atoms with van der Waals surface area (Å²) in [4.78, 5) is 24.3. The summed E-state index contributed by atoms with van der Waals surface area (Å²) in [6.07, 6.45) is 1.49. The van der Waals surface area contributed by atoms with Crippen LogP contribution in [0.15, 0.2) is 36.5 Å². The van der Waals surface area contributed by atoms with E-state index < -0.39 is 16.5 Å². The Kier molecular flexibility index (Phi) is 7.41. The molecule has 0 bridgehead atoms. The van der Waals surface area contributed by atoms with Gasteiger partial charge in [0.1, 0.15) is 11.4 Å². The van der Waals surface area contributed by atoms with Crippen molar-refractivity contribution in [3.05, 3.63) is 57.8 Å². The first-order valence-corrected chi connectivity index (χ1v) is 9.90. The Balaban J connectivity index is 1.99. The highest BCUT2D eigenvalue weighted by Gasteiger charge is 2.32. The largest absolute Gasteiger partial charge is 0.493 e. The van der Waals surface area contributed by atoms with Crippen LogP contribution in [0.1, 0.15) is 15.9 Å². The lowest BCUT2D eigenvalue weighted by Gasteiger charge is -2.16. The third-order valence-electron chi connectivity index (χ3n) is 4.99. The molecule has 3 rings (SSSR count). The first-order chi connectivity index (χ1) is 16.4. The summed E-state index contributed by atoms with van der Waals surface area (Å²) in [5.41, 5.74) is -0.0794. The van der Waals surface area contributed by atoms with Gasteiger partial charge >= 0.3 is 5.69 Å². The number of nitrogens with one attached hydrogen (secondary N) is 1. The molecule has 12 heteroatoms. The minimum atomic E-state index is -0.759. The van der Waals surface area contributed by atoms with Gasteiger partial charge in [-0.3, -0.25) is 14.9 Å². The average molecular weight is 472 g/mol. The highest BCUT2D eigenvalue weighted by atomic mass is 16.6. The van der Waals surface area contributed by atoms with Gasteiger partial charge in [-0.25, -0.2) is 4.68 Å². The van der Waals surface area contributed by atoms with E-state index in [2.05, 4.69) is 10.4 Å². The number of nitro groups is 1. The van der Waals surface area contributed by atoms with E-state index in [0.29, 0.717) is 17.3 Å². The van der Waals surface area contributed by atoms with E-state index in [1.165, 1.54) is 52.5 Å². The van der Waals surface area contributed by atoms with Crippen LogP contribution >= 0.6 is 0 Å². The molecule has 0 unspecified atom stereocenters. The minimum absolute atomic E-state index is 0.00316. The predicted molar refractivity (Wildman–Crippen MR) is 122 cm³/mol. The number of nitro benzene ring substituents is 1. The molecule has 1 aromatic heterocycles. The van der Waals surface area contributed by atoms with Crippen molar-refractivity contribution in [1.82, 2.24) is 9.78 Å². The van der Waals surface area contributed by atoms with Gasteiger partial charge in [-0.2, -0.15) is 5.10 Å². The zero-order chi connectivity index (χ0) is 24.8. The molecule has 0 aliphatic heterocycles. The Labute approximate surface area is 195 Å². The topological polar surface area (TPSA) is 136 Å². The number of nitrogens with zero attached hydrogens (tertiary/aromatic N) is 3. The first kappa shape index (κ1) is 24.2. The van der Waals surface area contributed by atoms with Crippen LogP contribution in [0.2, 0.25) is 0 Å². The zero-order valence-corrected chi connectivity index (χ0v) is 19.3. The Morgan fingerprint density at radius 1 is 0.971 bits per heavy atom. The number of carbonyl (C=O) groups excluding carboxylic acids is 1. The normalized spacial score (nSPS) is 10.4. The number of hydrogen-bond acceptors (Lipinski definition) is 9. The molecule has 34 heavy (non-hydrogen) atoms. The second-order valence-electron chi connectivity index (χ2n) is 6.78. The van der Waals surface area contributed by atoms with Crippen LogP contribution in [0, 0.1) is 10.1 Å². The lowest BCUT2D eigenvalue weighted by atomic mass is 10.1. The van der Waals surface area contributed by atoms with Gasteiger partial charge in [0.25, 0.3) is 5.91 Å². The molecule has 0 spiro atoms. The summed E-state index contributed by atoms with van der Waals surface area (Å²) in [6, 6.07) is 8.18. The number of carbonyl (C=O) groups is 1. The molecule has 180 valence electrons. The van der Waals surface area contributed by atoms with Crippen molar-refractivity contribution >= 4 is 17.4 Å². The fraction of sp³-hybridized carbons (Fsp3) is 0.273. The molecule has 2 aromatic carbocycles. The van der Waals surface area contributed by atoms with Crippen LogP contribution in [-0.2, 0) is 6.54 Å². The molecular formula is C22H24N4O8. The highest BCUT2D eigenvalue weighted by molar-refractivity contribution is 6.08. The molecule has 12 nitrogen and oxygen atoms in total. The number of hydrogen-bond donors (Lipinski definition) is 1. The van der Waals surface area contributed by atoms with Crippen LogP contribution < -0.4 is 29.0 Å². The first-order valence-electron chi connectivity index (χ1n) is 9.90. The minimum Gasteiger partial charge on any atom is -0.493 e. The van der Waals surface area contributed by atoms with Crippen molar-refractivity contribution < 1.29 is 33.4 Å². The van der Waals surface area contributed by atoms with Gasteiger partial charge in [-0.05, 0) is 6.07 Å². The predicted octanol–water partition coefficient (Wildman–Crippen LogP) is 3.13. The van der Waals surface area contributed by atoms with Crippen molar-refractivity contribution in [2.45, 2.75) is 6.54 Å². The van der Waals surface area contributed by atoms with Crippen molar-refractivity contribution in [2.75, 3.05) is 40.9 Å². The number of methoxy groups -OCH3 is 5. The van der Waals surface area contributed by atoms with Crippen molar-refractivity contribution in [2.24, 2.45) is 0 Å². The maximum absolute atomic E-state index is 13.1. The second-order valence-corrected chi connectivity index (χ2v) is 6.78. The molecule has 1 amide bonds. The maximum Gasteiger partial charge on any atom is 0.327 e. The molecular weight excluding hydrogens is 448 g/mol. The van der Waals surface area contributed by atoms with E-state index in [4.69, 9.17) is 23.7 Å². The number of aromatic nitrogens is 2. The molecule has 1 N–H and O–H groups in total. The third kappa shape index (κ3) is 4.51. The quantitative estimate of drug-likeness (QED) is 0.348. The second kappa shape index (κ2) is 10.4. The van der Waals surface area contributed by atoms with Gasteiger partial charge in [0, 0.05) is 17.7 Å². The average Bonchev–Trinajstić information content (AvgIpc) is 3.28. The van der Waals surface area contributed by atoms with Crippen LogP contribution in [0.5, 0.6) is 28.7 Å². The molecule has 0 aliphatic carbocycles. The summed E-state index contributed by atoms with van der Waals surface area (Å²) in [7, 11) is 6.96. The van der Waals surface area contributed by atoms with E-state index in [1.54, 1.807) is 18.2 Å². The number of ether oxygens (including phenoxy) is 5. The summed E-state index contributed by atoms with van der Waals surface area (Å²) in [6.45, 7) is 0.236. The summed E-state index contributed by atoms with van der Waals surface area (Å²) < 4.78 is 27.9. The SMILES string of the molecule is COc1cccc(Cn2nccc2NC(=O)c2cc(OC)c(OC)c(OC)c2[N+](=O)[O-])c1OC. The Morgan fingerprint density at radius 2 is 1.65 bits per heavy atom. The standard InChI is InChI=1S/C22H24N4O8/c1-30-15-8-6-7-13(19(15)32-3)12-25-17(9-10-23-25)24-22(27)14-11-16(31-2)20(33-4)21(34-5)18(14)26(28)29/h6-11H,12H2,1-5H3,(H,24,27). The molecule has 0 aliphatic rings. The van der Waals surface area contributed by atoms with Crippen LogP contribution in [0.3, 0.4) is 0 Å². The van der Waals surface area contributed by atoms with Gasteiger partial charge < -0.3 is 29.0 Å². The maximum atomic E-state index is 13.1. The van der Waals surface area contributed by atoms with Crippen molar-refractivity contribution in [3.63, 3.8) is 0 Å². The zero-order valence-electron chi connectivity index (χ0n) is 19.3. The highest BCUT2D eigenvalue weighted by Crippen LogP contribution is 2.46. The van der Waals surface area contributed by atoms with E-state index in [0.717, 1.165) is 5.56 Å². The molecule has 0 fully saturated rings. The lowest BCUT2D eigenvalue weighted by molar-refractivity contribution is -0.386. The molecule has 1 heterocycles. The van der Waals surface area contributed by atoms with Crippen LogP contribution in [0.4, 0.5) is 11.5 Å². The van der Waals surface area contributed by atoms with Crippen LogP contribution in [-0.4, -0.2) is 56.2 Å². The van der Waals surface area contributed by atoms with Gasteiger partial charge in [-0.1, -0.05) is 12.1 Å². The number of amides is 1. The summed E-state index contributed by atoms with van der Waals surface area (Å²) in [5.74, 6) is 0.492. The summed E-state index contributed by atoms with van der Waals surface area (Å²) in [5, 5.41) is 18.7. The van der Waals surface area contributed by atoms with Gasteiger partial charge in [0.05, 0.1) is 53.2 Å². The molecule has 0 saturated heterocycles. The summed E-state index contributed by atoms with van der Waals surface area (Å²) >= 11 is 0. The number of anilines is 1. The molecule has 0 radical (unpaired) electrons. The van der Waals surface area contributed by atoms with E-state index >= 15 is 0 Å². The third-order valence-corrected chi connectivity index (χ3v) is 4.99. The van der Waals surface area contributed by atoms with Gasteiger partial charge in [0.2, 0.25) is 11.5 Å². The van der Waals surface area contributed by atoms with E-state index in [9.17, 15) is 14.9 Å². The van der Waals surface area contributed by atoms with Crippen molar-refractivity contribution in [1.29, 1.82) is 0 Å². The van der Waals surface area contributed by atoms with Crippen LogP contribution in [0.25, 0.3) is 0 Å². The van der Waals surface area contributed by atoms with E-state index in [1.807, 2.05) is 6.07 Å². The smallest absolute Gasteiger partial charge is 0.327 e. The fourth-order valence-corrected chi connectivity index (χ4v) is 3.48. The Morgan fingerprint density at radius 3 is 2.24 bits per heavy atom. The lowest BCUT2D eigenvalue weighted by Crippen LogP contribution is -2.18. The fourth-order valence-electron chi connectivity index (χ4n) is 3.48. The monoisotopic (exact) mass is 472 g/mol. The number of para-hydroxylation sites is 1. The number of rotatable bonds is 10. The van der Waals surface area contributed by atoms with E-state index in [-0.39, 0.29) is 29.4 Å². The molecule has 0 atom stereocenters. The van der Waals surface area contributed by atoms with Crippen molar-refractivity contribution in [3.8, 4) is 28.7 Å². The Hall–Kier alpha value is -4.48. The van der Waals surface area contributed by atoms with Gasteiger partial charge in [-0.15, -0.1) is 0 Å². The Bertz CT molecular complexity index is 1210. The molecule has 3 aromatic rings. The van der Waals surface area contributed by atoms with Gasteiger partial charge in [0.15, 0.2) is 17.2 Å².